The molecule has 1 aromatic carbocycles. The number of carboxylic acid groups (broad SMARTS) is 1. The smallest absolute Gasteiger partial charge is 0.341 e. The summed E-state index contributed by atoms with van der Waals surface area (Å²) in [5.74, 6) is -0.391. The molecule has 0 spiro atoms. The lowest BCUT2D eigenvalue weighted by Crippen LogP contribution is -2.44. The number of aromatic nitrogens is 1. The molecule has 6 nitrogen and oxygen atoms in total. The summed E-state index contributed by atoms with van der Waals surface area (Å²) < 4.78 is 5.30. The fourth-order valence-corrected chi connectivity index (χ4v) is 3.64. The van der Waals surface area contributed by atoms with Gasteiger partial charge in [0.25, 0.3) is 0 Å². The van der Waals surface area contributed by atoms with Crippen LogP contribution in [0.15, 0.2) is 55.0 Å². The van der Waals surface area contributed by atoms with Crippen molar-refractivity contribution in [2.75, 3.05) is 37.7 Å². The molecule has 6 heteroatoms. The quantitative estimate of drug-likeness (QED) is 0.864. The van der Waals surface area contributed by atoms with Gasteiger partial charge in [0, 0.05) is 50.5 Å². The van der Waals surface area contributed by atoms with Gasteiger partial charge in [-0.05, 0) is 47.4 Å². The number of hydrogen-bond acceptors (Lipinski definition) is 5. The number of piperazine rings is 1. The van der Waals surface area contributed by atoms with Crippen LogP contribution >= 0.6 is 0 Å². The molecule has 1 aliphatic heterocycles. The van der Waals surface area contributed by atoms with E-state index in [1.807, 2.05) is 30.6 Å². The van der Waals surface area contributed by atoms with Crippen LogP contribution in [0.5, 0.6) is 5.75 Å². The molecule has 0 unspecified atom stereocenters. The molecule has 144 valence electrons. The van der Waals surface area contributed by atoms with Gasteiger partial charge < -0.3 is 19.6 Å². The summed E-state index contributed by atoms with van der Waals surface area (Å²) in [4.78, 5) is 19.5. The zero-order chi connectivity index (χ0) is 19.3. The molecule has 2 aromatic rings. The van der Waals surface area contributed by atoms with Crippen molar-refractivity contribution < 1.29 is 14.6 Å². The fourth-order valence-electron chi connectivity index (χ4n) is 3.64. The van der Waals surface area contributed by atoms with E-state index in [2.05, 4.69) is 45.3 Å². The van der Waals surface area contributed by atoms with E-state index in [0.29, 0.717) is 5.75 Å². The molecule has 0 radical (unpaired) electrons. The van der Waals surface area contributed by atoms with E-state index in [0.717, 1.165) is 38.2 Å². The van der Waals surface area contributed by atoms with E-state index in [1.54, 1.807) is 0 Å². The summed E-state index contributed by atoms with van der Waals surface area (Å²) in [6, 6.07) is 9.88. The number of carboxylic acids is 1. The average Bonchev–Trinajstić information content (AvgIpc) is 2.73. The van der Waals surface area contributed by atoms with Crippen LogP contribution in [0.3, 0.4) is 0 Å². The number of nitrogens with zero attached hydrogens (tertiary/aromatic N) is 3. The van der Waals surface area contributed by atoms with Crippen molar-refractivity contribution in [3.05, 3.63) is 66.1 Å². The maximum Gasteiger partial charge on any atom is 0.341 e. The number of carbonyl (C=O) groups is 1. The molecule has 0 saturated carbocycles. The van der Waals surface area contributed by atoms with E-state index in [-0.39, 0.29) is 6.61 Å². The molecule has 28 heavy (non-hydrogen) atoms. The monoisotopic (exact) mass is 377 g/mol. The van der Waals surface area contributed by atoms with Gasteiger partial charge in [0.2, 0.25) is 0 Å². The number of hydrogen-bond donors (Lipinski definition) is 1. The minimum atomic E-state index is -0.972. The Morgan fingerprint density at radius 2 is 1.93 bits per heavy atom. The molecular weight excluding hydrogens is 354 g/mol. The average molecular weight is 377 g/mol. The molecular formula is C22H23N3O3. The van der Waals surface area contributed by atoms with Gasteiger partial charge in [-0.25, -0.2) is 4.79 Å². The van der Waals surface area contributed by atoms with Crippen LogP contribution in [0.2, 0.25) is 0 Å². The molecule has 2 heterocycles. The maximum absolute atomic E-state index is 10.7. The van der Waals surface area contributed by atoms with Crippen LogP contribution in [0, 0.1) is 0 Å². The van der Waals surface area contributed by atoms with Crippen molar-refractivity contribution in [2.24, 2.45) is 0 Å². The summed E-state index contributed by atoms with van der Waals surface area (Å²) in [5, 5.41) is 8.77. The largest absolute Gasteiger partial charge is 0.482 e. The second kappa shape index (κ2) is 8.17. The van der Waals surface area contributed by atoms with Crippen LogP contribution < -0.4 is 9.64 Å². The topological polar surface area (TPSA) is 65.9 Å². The highest BCUT2D eigenvalue weighted by atomic mass is 16.5. The SMILES string of the molecule is O=C(O)COc1ccc2c(c1)C=CCC2=CN1CCN(c2ccncc2)CC1. The van der Waals surface area contributed by atoms with Crippen LogP contribution in [0.25, 0.3) is 11.6 Å². The molecule has 1 fully saturated rings. The van der Waals surface area contributed by atoms with E-state index in [1.165, 1.54) is 16.8 Å². The Morgan fingerprint density at radius 3 is 2.68 bits per heavy atom. The lowest BCUT2D eigenvalue weighted by atomic mass is 9.92. The minimum absolute atomic E-state index is 0.326. The third kappa shape index (κ3) is 4.17. The van der Waals surface area contributed by atoms with E-state index in [4.69, 9.17) is 9.84 Å². The molecule has 1 aromatic heterocycles. The molecule has 2 aliphatic rings. The number of pyridine rings is 1. The number of rotatable bonds is 5. The Balaban J connectivity index is 1.44. The minimum Gasteiger partial charge on any atom is -0.482 e. The highest BCUT2D eigenvalue weighted by Crippen LogP contribution is 2.32. The highest BCUT2D eigenvalue weighted by Gasteiger charge is 2.17. The Labute approximate surface area is 164 Å². The second-order valence-corrected chi connectivity index (χ2v) is 6.92. The van der Waals surface area contributed by atoms with Crippen LogP contribution in [-0.2, 0) is 4.79 Å². The summed E-state index contributed by atoms with van der Waals surface area (Å²) in [7, 11) is 0. The first-order valence-electron chi connectivity index (χ1n) is 9.44. The number of fused-ring (bicyclic) bond motifs is 1. The van der Waals surface area contributed by atoms with Crippen LogP contribution in [0.1, 0.15) is 17.5 Å². The van der Waals surface area contributed by atoms with E-state index in [9.17, 15) is 4.79 Å². The predicted octanol–water partition coefficient (Wildman–Crippen LogP) is 3.13. The van der Waals surface area contributed by atoms with Crippen molar-refractivity contribution >= 4 is 23.3 Å². The Kier molecular flexibility index (Phi) is 5.28. The van der Waals surface area contributed by atoms with Gasteiger partial charge in [0.05, 0.1) is 0 Å². The lowest BCUT2D eigenvalue weighted by molar-refractivity contribution is -0.139. The number of anilines is 1. The normalized spacial score (nSPS) is 17.5. The van der Waals surface area contributed by atoms with Crippen molar-refractivity contribution in [3.8, 4) is 5.75 Å². The number of aliphatic carboxylic acids is 1. The van der Waals surface area contributed by atoms with Gasteiger partial charge in [0.1, 0.15) is 5.75 Å². The number of benzene rings is 1. The third-order valence-electron chi connectivity index (χ3n) is 5.05. The predicted molar refractivity (Wildman–Crippen MR) is 109 cm³/mol. The first-order valence-corrected chi connectivity index (χ1v) is 9.44. The molecule has 1 aliphatic carbocycles. The highest BCUT2D eigenvalue weighted by molar-refractivity contribution is 5.80. The first kappa shape index (κ1) is 18.1. The van der Waals surface area contributed by atoms with Gasteiger partial charge in [-0.3, -0.25) is 4.98 Å². The van der Waals surface area contributed by atoms with Crippen LogP contribution in [0.4, 0.5) is 5.69 Å². The van der Waals surface area contributed by atoms with Gasteiger partial charge in [0.15, 0.2) is 6.61 Å². The maximum atomic E-state index is 10.7. The van der Waals surface area contributed by atoms with Gasteiger partial charge in [-0.2, -0.15) is 0 Å². The zero-order valence-corrected chi connectivity index (χ0v) is 15.6. The van der Waals surface area contributed by atoms with Crippen molar-refractivity contribution in [2.45, 2.75) is 6.42 Å². The van der Waals surface area contributed by atoms with Gasteiger partial charge >= 0.3 is 5.97 Å². The van der Waals surface area contributed by atoms with E-state index >= 15 is 0 Å². The summed E-state index contributed by atoms with van der Waals surface area (Å²) in [6.07, 6.45) is 11.0. The summed E-state index contributed by atoms with van der Waals surface area (Å²) in [5.41, 5.74) is 4.75. The van der Waals surface area contributed by atoms with Crippen molar-refractivity contribution in [3.63, 3.8) is 0 Å². The second-order valence-electron chi connectivity index (χ2n) is 6.92. The number of ether oxygens (including phenoxy) is 1. The molecule has 0 amide bonds. The third-order valence-corrected chi connectivity index (χ3v) is 5.05. The Bertz CT molecular complexity index is 900. The number of allylic oxidation sites excluding steroid dienone is 2. The standard InChI is InChI=1S/C22H23N3O3/c26-22(27)16-28-20-4-5-21-17(14-20)2-1-3-18(21)15-24-10-12-25(13-11-24)19-6-8-23-9-7-19/h1-2,4-9,14-15H,3,10-13,16H2,(H,26,27). The first-order chi connectivity index (χ1) is 13.7. The summed E-state index contributed by atoms with van der Waals surface area (Å²) >= 11 is 0. The molecule has 0 bridgehead atoms. The molecule has 4 rings (SSSR count). The van der Waals surface area contributed by atoms with E-state index < -0.39 is 5.97 Å². The zero-order valence-electron chi connectivity index (χ0n) is 15.6. The van der Waals surface area contributed by atoms with Crippen molar-refractivity contribution in [1.82, 2.24) is 9.88 Å². The van der Waals surface area contributed by atoms with Crippen LogP contribution in [-0.4, -0.2) is 53.7 Å². The lowest BCUT2D eigenvalue weighted by Gasteiger charge is -2.36. The van der Waals surface area contributed by atoms with Gasteiger partial charge in [-0.15, -0.1) is 0 Å². The molecule has 1 N–H and O–H groups in total. The molecule has 1 saturated heterocycles. The van der Waals surface area contributed by atoms with Crippen molar-refractivity contribution in [1.29, 1.82) is 0 Å². The summed E-state index contributed by atoms with van der Waals surface area (Å²) in [6.45, 7) is 3.60. The molecule has 0 atom stereocenters. The Hall–Kier alpha value is -3.28. The Morgan fingerprint density at radius 1 is 1.14 bits per heavy atom. The van der Waals surface area contributed by atoms with Gasteiger partial charge in [-0.1, -0.05) is 18.2 Å². The fraction of sp³-hybridized carbons (Fsp3) is 0.273.